The third-order valence-electron chi connectivity index (χ3n) is 4.50. The monoisotopic (exact) mass is 416 g/mol. The summed E-state index contributed by atoms with van der Waals surface area (Å²) in [6.07, 6.45) is 2.53. The number of benzene rings is 1. The van der Waals surface area contributed by atoms with Crippen LogP contribution in [0.3, 0.4) is 0 Å². The maximum atomic E-state index is 12.9. The molecule has 0 spiro atoms. The fourth-order valence-electron chi connectivity index (χ4n) is 3.10. The molecule has 0 saturated carbocycles. The van der Waals surface area contributed by atoms with Gasteiger partial charge in [-0.1, -0.05) is 0 Å². The van der Waals surface area contributed by atoms with Gasteiger partial charge in [-0.05, 0) is 6.07 Å². The first-order valence-electron chi connectivity index (χ1n) is 8.25. The van der Waals surface area contributed by atoms with E-state index in [1.165, 1.54) is 24.5 Å². The fourth-order valence-corrected chi connectivity index (χ4v) is 3.87. The first-order valence-corrected chi connectivity index (χ1v) is 9.80. The number of alkyl halides is 2. The molecule has 1 saturated heterocycles. The lowest BCUT2D eigenvalue weighted by Crippen LogP contribution is -2.46. The van der Waals surface area contributed by atoms with Gasteiger partial charge in [-0.15, -0.1) is 0 Å². The Balaban J connectivity index is 1.74. The summed E-state index contributed by atoms with van der Waals surface area (Å²) in [5, 5.41) is 16.2. The van der Waals surface area contributed by atoms with E-state index in [1.54, 1.807) is 4.90 Å². The van der Waals surface area contributed by atoms with Gasteiger partial charge in [0.1, 0.15) is 10.7 Å². The molecule has 1 aliphatic heterocycles. The molecule has 0 atom stereocenters. The molecule has 1 aromatic heterocycles. The number of hydrogen-bond donors (Lipinski definition) is 1. The van der Waals surface area contributed by atoms with Crippen molar-refractivity contribution >= 4 is 21.4 Å². The van der Waals surface area contributed by atoms with Crippen LogP contribution in [0.25, 0.3) is 0 Å². The molecule has 1 aliphatic rings. The summed E-state index contributed by atoms with van der Waals surface area (Å²) < 4.78 is 50.4. The lowest BCUT2D eigenvalue weighted by molar-refractivity contribution is -0.385. The molecule has 28 heavy (non-hydrogen) atoms. The van der Waals surface area contributed by atoms with E-state index >= 15 is 0 Å². The number of halogens is 2. The molecule has 0 amide bonds. The Morgan fingerprint density at radius 1 is 1.25 bits per heavy atom. The standard InChI is InChI=1S/C15H18F2N6O4S/c16-15(17)22-4-3-19-14(22)10-20-5-7-21(8-6-20)12-2-1-11(23(24)25)9-13(12)28(18,26)27/h1-4,9,15H,5-8,10H2,(H2,18,26,27). The fraction of sp³-hybridized carbons (Fsp3) is 0.400. The van der Waals surface area contributed by atoms with Crippen molar-refractivity contribution in [3.63, 3.8) is 0 Å². The molecule has 3 rings (SSSR count). The van der Waals surface area contributed by atoms with Gasteiger partial charge in [0, 0.05) is 50.7 Å². The maximum Gasteiger partial charge on any atom is 0.319 e. The van der Waals surface area contributed by atoms with E-state index in [4.69, 9.17) is 5.14 Å². The number of anilines is 1. The van der Waals surface area contributed by atoms with Crippen molar-refractivity contribution in [2.75, 3.05) is 31.1 Å². The number of non-ortho nitro benzene ring substituents is 1. The van der Waals surface area contributed by atoms with E-state index in [0.717, 1.165) is 10.6 Å². The molecule has 0 bridgehead atoms. The largest absolute Gasteiger partial charge is 0.368 e. The molecular formula is C15H18F2N6O4S. The molecule has 2 heterocycles. The van der Waals surface area contributed by atoms with Gasteiger partial charge in [-0.25, -0.2) is 18.5 Å². The highest BCUT2D eigenvalue weighted by molar-refractivity contribution is 7.89. The molecule has 1 aromatic carbocycles. The molecule has 152 valence electrons. The van der Waals surface area contributed by atoms with Gasteiger partial charge in [0.25, 0.3) is 5.69 Å². The molecule has 0 aliphatic carbocycles. The number of imidazole rings is 1. The van der Waals surface area contributed by atoms with Crippen molar-refractivity contribution in [2.45, 2.75) is 18.0 Å². The highest BCUT2D eigenvalue weighted by Crippen LogP contribution is 2.29. The molecule has 2 N–H and O–H groups in total. The minimum atomic E-state index is -4.16. The van der Waals surface area contributed by atoms with Crippen LogP contribution in [0.2, 0.25) is 0 Å². The van der Waals surface area contributed by atoms with E-state index in [1.807, 2.05) is 4.90 Å². The molecule has 1 fully saturated rings. The van der Waals surface area contributed by atoms with E-state index in [0.29, 0.717) is 26.2 Å². The van der Waals surface area contributed by atoms with Gasteiger partial charge in [-0.3, -0.25) is 19.6 Å². The molecule has 0 unspecified atom stereocenters. The minimum Gasteiger partial charge on any atom is -0.368 e. The van der Waals surface area contributed by atoms with Gasteiger partial charge in [-0.2, -0.15) is 8.78 Å². The van der Waals surface area contributed by atoms with Crippen molar-refractivity contribution in [1.29, 1.82) is 0 Å². The van der Waals surface area contributed by atoms with Crippen LogP contribution >= 0.6 is 0 Å². The maximum absolute atomic E-state index is 12.9. The summed E-state index contributed by atoms with van der Waals surface area (Å²) in [5.74, 6) is 0.240. The number of primary sulfonamides is 1. The average Bonchev–Trinajstić information content (AvgIpc) is 3.09. The third-order valence-corrected chi connectivity index (χ3v) is 5.44. The normalized spacial score (nSPS) is 15.9. The first-order chi connectivity index (χ1) is 13.2. The number of aromatic nitrogens is 2. The molecule has 2 aromatic rings. The second kappa shape index (κ2) is 7.77. The Hall–Kier alpha value is -2.64. The summed E-state index contributed by atoms with van der Waals surface area (Å²) in [4.78, 5) is 17.5. The number of nitrogens with zero attached hydrogens (tertiary/aromatic N) is 5. The molecule has 10 nitrogen and oxygen atoms in total. The summed E-state index contributed by atoms with van der Waals surface area (Å²) in [6.45, 7) is -0.705. The molecule has 0 radical (unpaired) electrons. The van der Waals surface area contributed by atoms with Crippen LogP contribution in [0.15, 0.2) is 35.5 Å². The number of rotatable bonds is 6. The lowest BCUT2D eigenvalue weighted by Gasteiger charge is -2.36. The zero-order valence-electron chi connectivity index (χ0n) is 14.6. The van der Waals surface area contributed by atoms with Crippen molar-refractivity contribution in [2.24, 2.45) is 5.14 Å². The second-order valence-corrected chi connectivity index (χ2v) is 7.78. The summed E-state index contributed by atoms with van der Waals surface area (Å²) >= 11 is 0. The van der Waals surface area contributed by atoms with Crippen LogP contribution in [-0.2, 0) is 16.6 Å². The number of nitro benzene ring substituents is 1. The van der Waals surface area contributed by atoms with E-state index in [9.17, 15) is 27.3 Å². The number of nitro groups is 1. The van der Waals surface area contributed by atoms with Crippen molar-refractivity contribution in [3.8, 4) is 0 Å². The summed E-state index contributed by atoms with van der Waals surface area (Å²) in [5.41, 5.74) is -0.0907. The number of nitrogens with two attached hydrogens (primary N) is 1. The Kier molecular flexibility index (Phi) is 5.58. The number of hydrogen-bond acceptors (Lipinski definition) is 7. The quantitative estimate of drug-likeness (QED) is 0.553. The van der Waals surface area contributed by atoms with Gasteiger partial charge >= 0.3 is 6.55 Å². The van der Waals surface area contributed by atoms with Crippen molar-refractivity contribution in [1.82, 2.24) is 14.5 Å². The topological polar surface area (TPSA) is 128 Å². The summed E-state index contributed by atoms with van der Waals surface area (Å²) in [7, 11) is -4.16. The van der Waals surface area contributed by atoms with Crippen LogP contribution in [0, 0.1) is 10.1 Å². The Morgan fingerprint density at radius 3 is 2.50 bits per heavy atom. The van der Waals surface area contributed by atoms with Gasteiger partial charge in [0.15, 0.2) is 0 Å². The number of sulfonamides is 1. The average molecular weight is 416 g/mol. The van der Waals surface area contributed by atoms with Crippen molar-refractivity contribution < 1.29 is 22.1 Å². The second-order valence-electron chi connectivity index (χ2n) is 6.25. The van der Waals surface area contributed by atoms with E-state index < -0.39 is 21.5 Å². The first kappa shape index (κ1) is 20.1. The van der Waals surface area contributed by atoms with Gasteiger partial charge in [0.05, 0.1) is 17.2 Å². The van der Waals surface area contributed by atoms with Gasteiger partial charge in [0.2, 0.25) is 10.0 Å². The molecule has 13 heteroatoms. The van der Waals surface area contributed by atoms with Crippen LogP contribution in [-0.4, -0.2) is 54.0 Å². The highest BCUT2D eigenvalue weighted by Gasteiger charge is 2.26. The zero-order chi connectivity index (χ0) is 20.5. The van der Waals surface area contributed by atoms with Crippen molar-refractivity contribution in [3.05, 3.63) is 46.5 Å². The highest BCUT2D eigenvalue weighted by atomic mass is 32.2. The SMILES string of the molecule is NS(=O)(=O)c1cc([N+](=O)[O-])ccc1N1CCN(Cc2nccn2C(F)F)CC1. The summed E-state index contributed by atoms with van der Waals surface area (Å²) in [6, 6.07) is 3.52. The molecular weight excluding hydrogens is 398 g/mol. The van der Waals surface area contributed by atoms with Gasteiger partial charge < -0.3 is 4.90 Å². The van der Waals surface area contributed by atoms with Crippen LogP contribution < -0.4 is 10.0 Å². The Labute approximate surface area is 159 Å². The predicted octanol–water partition coefficient (Wildman–Crippen LogP) is 1.16. The van der Waals surface area contributed by atoms with Crippen LogP contribution in [0.1, 0.15) is 12.4 Å². The van der Waals surface area contributed by atoms with E-state index in [2.05, 4.69) is 4.98 Å². The zero-order valence-corrected chi connectivity index (χ0v) is 15.4. The third kappa shape index (κ3) is 4.26. The minimum absolute atomic E-state index is 0.230. The Morgan fingerprint density at radius 2 is 1.93 bits per heavy atom. The smallest absolute Gasteiger partial charge is 0.319 e. The predicted molar refractivity (Wildman–Crippen MR) is 95.4 cm³/mol. The lowest BCUT2D eigenvalue weighted by atomic mass is 10.2. The van der Waals surface area contributed by atoms with E-state index in [-0.39, 0.29) is 28.6 Å². The van der Waals surface area contributed by atoms with Crippen LogP contribution in [0.4, 0.5) is 20.2 Å². The van der Waals surface area contributed by atoms with Crippen LogP contribution in [0.5, 0.6) is 0 Å². The number of piperazine rings is 1. The Bertz CT molecular complexity index is 973.